The minimum Gasteiger partial charge on any atom is -0.309 e. The average molecular weight is 833 g/mol. The Morgan fingerprint density at radius 2 is 0.781 bits per heavy atom. The van der Waals surface area contributed by atoms with Crippen LogP contribution in [-0.2, 0) is 0 Å². The fourth-order valence-corrected chi connectivity index (χ4v) is 15.6. The molecule has 0 aliphatic heterocycles. The second-order valence-corrected chi connectivity index (χ2v) is 20.5. The highest BCUT2D eigenvalue weighted by atomic mass is 28.3. The Kier molecular flexibility index (Phi) is 8.20. The Morgan fingerprint density at radius 1 is 0.297 bits per heavy atom. The van der Waals surface area contributed by atoms with Crippen molar-refractivity contribution >= 4 is 94.4 Å². The maximum atomic E-state index is 4.86. The molecule has 0 aliphatic rings. The largest absolute Gasteiger partial charge is 0.309 e. The van der Waals surface area contributed by atoms with E-state index >= 15 is 0 Å². The molecule has 0 unspecified atom stereocenters. The third kappa shape index (κ3) is 5.25. The van der Waals surface area contributed by atoms with E-state index in [1.54, 1.807) is 0 Å². The first-order valence-corrected chi connectivity index (χ1v) is 24.0. The van der Waals surface area contributed by atoms with E-state index in [9.17, 15) is 0 Å². The quantitative estimate of drug-likeness (QED) is 0.116. The Morgan fingerprint density at radius 3 is 1.47 bits per heavy atom. The Bertz CT molecular complexity index is 3750. The van der Waals surface area contributed by atoms with Crippen LogP contribution >= 0.6 is 0 Å². The molecule has 9 aromatic carbocycles. The van der Waals surface area contributed by atoms with Crippen molar-refractivity contribution in [3.63, 3.8) is 0 Å². The molecule has 0 fully saturated rings. The van der Waals surface area contributed by atoms with Crippen molar-refractivity contribution < 1.29 is 0 Å². The summed E-state index contributed by atoms with van der Waals surface area (Å²) < 4.78 is 7.32. The van der Waals surface area contributed by atoms with Gasteiger partial charge in [0.1, 0.15) is 0 Å². The lowest BCUT2D eigenvalue weighted by molar-refractivity contribution is 1.16. The van der Waals surface area contributed by atoms with Crippen molar-refractivity contribution in [1.82, 2.24) is 18.7 Å². The van der Waals surface area contributed by atoms with E-state index in [4.69, 9.17) is 4.98 Å². The predicted octanol–water partition coefficient (Wildman–Crippen LogP) is 11.8. The molecule has 0 amide bonds. The van der Waals surface area contributed by atoms with E-state index in [0.717, 1.165) is 44.5 Å². The molecule has 4 nitrogen and oxygen atoms in total. The molecule has 0 saturated heterocycles. The minimum atomic E-state index is -2.75. The molecule has 0 N–H and O–H groups in total. The van der Waals surface area contributed by atoms with Crippen molar-refractivity contribution in [2.75, 3.05) is 0 Å². The van der Waals surface area contributed by atoms with Gasteiger partial charge in [0, 0.05) is 44.5 Å². The van der Waals surface area contributed by atoms with Gasteiger partial charge in [0.05, 0.1) is 44.3 Å². The van der Waals surface area contributed by atoms with Crippen molar-refractivity contribution in [2.45, 2.75) is 0 Å². The summed E-state index contributed by atoms with van der Waals surface area (Å²) in [5, 5.41) is 11.4. The van der Waals surface area contributed by atoms with E-state index < -0.39 is 8.07 Å². The van der Waals surface area contributed by atoms with E-state index in [1.165, 1.54) is 58.8 Å². The number of pyridine rings is 1. The number of aromatic nitrogens is 4. The van der Waals surface area contributed by atoms with E-state index in [1.807, 2.05) is 12.3 Å². The summed E-state index contributed by atoms with van der Waals surface area (Å²) in [4.78, 5) is 4.86. The van der Waals surface area contributed by atoms with Gasteiger partial charge in [0.15, 0.2) is 8.07 Å². The monoisotopic (exact) mass is 832 g/mol. The fraction of sp³-hybridized carbons (Fsp3) is 0. The normalized spacial score (nSPS) is 12.1. The number of para-hydroxylation sites is 3. The number of nitrogens with zero attached hydrogens (tertiary/aromatic N) is 4. The Hall–Kier alpha value is -8.25. The van der Waals surface area contributed by atoms with Gasteiger partial charge >= 0.3 is 0 Å². The van der Waals surface area contributed by atoms with Gasteiger partial charge in [-0.05, 0) is 93.5 Å². The van der Waals surface area contributed by atoms with Crippen LogP contribution in [0.25, 0.3) is 82.6 Å². The van der Waals surface area contributed by atoms with Crippen LogP contribution in [0.4, 0.5) is 0 Å². The third-order valence-electron chi connectivity index (χ3n) is 13.4. The van der Waals surface area contributed by atoms with Crippen molar-refractivity contribution in [3.05, 3.63) is 243 Å². The first-order valence-electron chi connectivity index (χ1n) is 22.0. The SMILES string of the molecule is c1ccc([Si](c2ccccc2)(c2ccccc2)c2cccc(-n3c4ccccc4c4cc(-n5c6ccccc6c6c(-n7c8ccccc8c8ncccc87)cccc65)ccc43)c2)cc1. The zero-order chi connectivity index (χ0) is 42.2. The van der Waals surface area contributed by atoms with Gasteiger partial charge in [-0.15, -0.1) is 0 Å². The number of rotatable bonds is 7. The van der Waals surface area contributed by atoms with Crippen molar-refractivity contribution in [1.29, 1.82) is 0 Å². The lowest BCUT2D eigenvalue weighted by Crippen LogP contribution is -2.74. The summed E-state index contributed by atoms with van der Waals surface area (Å²) in [7, 11) is -2.75. The van der Waals surface area contributed by atoms with E-state index in [2.05, 4.69) is 244 Å². The molecule has 0 aliphatic carbocycles. The van der Waals surface area contributed by atoms with Crippen LogP contribution in [0.1, 0.15) is 0 Å². The zero-order valence-electron chi connectivity index (χ0n) is 34.9. The topological polar surface area (TPSA) is 27.7 Å². The molecule has 4 heterocycles. The molecule has 64 heavy (non-hydrogen) atoms. The molecular formula is C59H40N4Si. The second-order valence-electron chi connectivity index (χ2n) is 16.7. The molecule has 0 atom stereocenters. The minimum absolute atomic E-state index is 1.01. The van der Waals surface area contributed by atoms with Crippen LogP contribution in [-0.4, -0.2) is 26.8 Å². The van der Waals surface area contributed by atoms with Gasteiger partial charge in [-0.3, -0.25) is 4.98 Å². The summed E-state index contributed by atoms with van der Waals surface area (Å²) in [6.45, 7) is 0. The molecule has 300 valence electrons. The van der Waals surface area contributed by atoms with E-state index in [-0.39, 0.29) is 0 Å². The summed E-state index contributed by atoms with van der Waals surface area (Å²) in [6.07, 6.45) is 1.89. The number of benzene rings is 9. The summed E-state index contributed by atoms with van der Waals surface area (Å²) >= 11 is 0. The highest BCUT2D eigenvalue weighted by Gasteiger charge is 2.41. The maximum Gasteiger partial charge on any atom is 0.179 e. The van der Waals surface area contributed by atoms with Gasteiger partial charge < -0.3 is 13.7 Å². The molecule has 4 aromatic heterocycles. The van der Waals surface area contributed by atoms with Gasteiger partial charge in [-0.1, -0.05) is 164 Å². The van der Waals surface area contributed by atoms with Crippen LogP contribution in [0.15, 0.2) is 243 Å². The standard InChI is InChI=1S/C59H40N4Si/c1-4-20-43(21-5-1)64(44-22-6-2-7-23-44,45-24-8-3-9-25-45)46-26-16-19-41(39-46)61-51-30-13-10-27-47(51)50-40-42(36-37-54(50)61)62-52-31-14-11-28-48(52)58-55(62)33-17-34-56(58)63-53-32-15-12-29-49(53)59-57(63)35-18-38-60-59/h1-40H. The van der Waals surface area contributed by atoms with Crippen LogP contribution in [0.3, 0.4) is 0 Å². The lowest BCUT2D eigenvalue weighted by atomic mass is 10.1. The van der Waals surface area contributed by atoms with Crippen molar-refractivity contribution in [3.8, 4) is 17.1 Å². The van der Waals surface area contributed by atoms with Gasteiger partial charge in [0.2, 0.25) is 0 Å². The molecular weight excluding hydrogens is 793 g/mol. The predicted molar refractivity (Wildman–Crippen MR) is 271 cm³/mol. The Labute approximate surface area is 371 Å². The fourth-order valence-electron chi connectivity index (χ4n) is 10.8. The lowest BCUT2D eigenvalue weighted by Gasteiger charge is -2.34. The molecule has 0 spiro atoms. The number of fused-ring (bicyclic) bond motifs is 9. The first-order chi connectivity index (χ1) is 31.8. The van der Waals surface area contributed by atoms with Crippen LogP contribution in [0.5, 0.6) is 0 Å². The molecule has 0 bridgehead atoms. The smallest absolute Gasteiger partial charge is 0.179 e. The van der Waals surface area contributed by atoms with Crippen molar-refractivity contribution in [2.24, 2.45) is 0 Å². The molecule has 13 aromatic rings. The van der Waals surface area contributed by atoms with Crippen LogP contribution in [0, 0.1) is 0 Å². The zero-order valence-corrected chi connectivity index (χ0v) is 35.9. The molecule has 5 heteroatoms. The molecule has 0 saturated carbocycles. The molecule has 13 rings (SSSR count). The summed E-state index contributed by atoms with van der Waals surface area (Å²) in [5.74, 6) is 0. The average Bonchev–Trinajstić information content (AvgIpc) is 4.01. The third-order valence-corrected chi connectivity index (χ3v) is 18.2. The maximum absolute atomic E-state index is 4.86. The Balaban J connectivity index is 1.04. The van der Waals surface area contributed by atoms with Gasteiger partial charge in [-0.25, -0.2) is 0 Å². The molecule has 0 radical (unpaired) electrons. The second kappa shape index (κ2) is 14.4. The number of hydrogen-bond acceptors (Lipinski definition) is 1. The van der Waals surface area contributed by atoms with Crippen LogP contribution < -0.4 is 20.7 Å². The highest BCUT2D eigenvalue weighted by Crippen LogP contribution is 2.41. The van der Waals surface area contributed by atoms with Crippen LogP contribution in [0.2, 0.25) is 0 Å². The highest BCUT2D eigenvalue weighted by molar-refractivity contribution is 7.19. The number of hydrogen-bond donors (Lipinski definition) is 0. The van der Waals surface area contributed by atoms with Gasteiger partial charge in [-0.2, -0.15) is 0 Å². The summed E-state index contributed by atoms with van der Waals surface area (Å²) in [6, 6.07) is 87.2. The van der Waals surface area contributed by atoms with E-state index in [0.29, 0.717) is 0 Å². The first kappa shape index (κ1) is 36.4. The van der Waals surface area contributed by atoms with Gasteiger partial charge in [0.25, 0.3) is 0 Å². The summed E-state index contributed by atoms with van der Waals surface area (Å²) in [5.41, 5.74) is 11.4.